The highest BCUT2D eigenvalue weighted by atomic mass is 32.2. The average Bonchev–Trinajstić information content (AvgIpc) is 3.15. The van der Waals surface area contributed by atoms with Gasteiger partial charge in [-0.25, -0.2) is 0 Å². The summed E-state index contributed by atoms with van der Waals surface area (Å²) in [5.41, 5.74) is 8.11. The van der Waals surface area contributed by atoms with Gasteiger partial charge in [-0.05, 0) is 48.1 Å². The van der Waals surface area contributed by atoms with Crippen molar-refractivity contribution in [3.63, 3.8) is 0 Å². The zero-order chi connectivity index (χ0) is 26.7. The molecule has 2 aromatic carbocycles. The molecular formula is C25H30F3NO6S. The highest BCUT2D eigenvalue weighted by Gasteiger charge is 2.37. The minimum absolute atomic E-state index is 0.0267. The normalized spacial score (nSPS) is 18.6. The van der Waals surface area contributed by atoms with E-state index < -0.39 is 52.8 Å². The quantitative estimate of drug-likeness (QED) is 0.349. The van der Waals surface area contributed by atoms with Gasteiger partial charge in [0.05, 0.1) is 12.4 Å². The van der Waals surface area contributed by atoms with Crippen molar-refractivity contribution in [3.05, 3.63) is 59.2 Å². The molecular weight excluding hydrogens is 499 g/mol. The number of hydrogen-bond donors (Lipinski definition) is 2. The van der Waals surface area contributed by atoms with Crippen LogP contribution in [0.5, 0.6) is 11.5 Å². The van der Waals surface area contributed by atoms with Gasteiger partial charge in [0.2, 0.25) is 0 Å². The molecule has 198 valence electrons. The van der Waals surface area contributed by atoms with E-state index in [0.29, 0.717) is 12.0 Å². The monoisotopic (exact) mass is 529 g/mol. The Morgan fingerprint density at radius 2 is 1.86 bits per heavy atom. The second-order valence-corrected chi connectivity index (χ2v) is 11.0. The fourth-order valence-corrected chi connectivity index (χ4v) is 5.26. The van der Waals surface area contributed by atoms with Gasteiger partial charge in [0.25, 0.3) is 0 Å². The number of aromatic hydroxyl groups is 1. The number of benzene rings is 2. The molecule has 1 aliphatic carbocycles. The smallest absolute Gasteiger partial charge is 0.389 e. The van der Waals surface area contributed by atoms with Crippen LogP contribution in [-0.2, 0) is 26.1 Å². The first-order valence-corrected chi connectivity index (χ1v) is 13.2. The van der Waals surface area contributed by atoms with Gasteiger partial charge in [-0.1, -0.05) is 38.1 Å². The van der Waals surface area contributed by atoms with E-state index in [1.807, 2.05) is 24.3 Å². The average molecular weight is 530 g/mol. The molecule has 3 atom stereocenters. The number of rotatable bonds is 10. The van der Waals surface area contributed by atoms with Crippen LogP contribution in [0.4, 0.5) is 13.2 Å². The van der Waals surface area contributed by atoms with Crippen LogP contribution in [0, 0.1) is 11.8 Å². The number of phenols is 1. The van der Waals surface area contributed by atoms with Crippen molar-refractivity contribution < 1.29 is 40.4 Å². The van der Waals surface area contributed by atoms with Crippen LogP contribution < -0.4 is 9.92 Å². The second kappa shape index (κ2) is 11.1. The van der Waals surface area contributed by atoms with Crippen molar-refractivity contribution in [2.45, 2.75) is 51.2 Å². The Morgan fingerprint density at radius 3 is 2.53 bits per heavy atom. The molecule has 0 heterocycles. The minimum Gasteiger partial charge on any atom is -0.508 e. The number of alkyl halides is 3. The number of hydrogen-bond acceptors (Lipinski definition) is 7. The Morgan fingerprint density at radius 1 is 1.17 bits per heavy atom. The van der Waals surface area contributed by atoms with Gasteiger partial charge in [0, 0.05) is 23.8 Å². The molecule has 1 aliphatic rings. The maximum Gasteiger partial charge on any atom is 0.389 e. The molecule has 3 rings (SSSR count). The molecule has 7 nitrogen and oxygen atoms in total. The van der Waals surface area contributed by atoms with Gasteiger partial charge in [0.15, 0.2) is 0 Å². The molecule has 0 aliphatic heterocycles. The van der Waals surface area contributed by atoms with E-state index in [-0.39, 0.29) is 29.9 Å². The SMILES string of the molecule is CC(C)[C@H](N)C(=O)OC[C@@H]1Cc2ccccc2C1c1cc(OS(=O)(=O)CCCC(F)(F)F)ccc1O. The van der Waals surface area contributed by atoms with Gasteiger partial charge < -0.3 is 19.8 Å². The lowest BCUT2D eigenvalue weighted by Crippen LogP contribution is -2.38. The van der Waals surface area contributed by atoms with Crippen molar-refractivity contribution in [3.8, 4) is 11.5 Å². The number of nitrogens with two attached hydrogens (primary N) is 1. The van der Waals surface area contributed by atoms with Gasteiger partial charge in [-0.2, -0.15) is 21.6 Å². The molecule has 0 spiro atoms. The second-order valence-electron chi connectivity index (χ2n) is 9.33. The number of fused-ring (bicyclic) bond motifs is 1. The van der Waals surface area contributed by atoms with E-state index in [9.17, 15) is 31.5 Å². The topological polar surface area (TPSA) is 116 Å². The Hall–Kier alpha value is -2.79. The molecule has 2 aromatic rings. The Labute approximate surface area is 208 Å². The maximum atomic E-state index is 12.4. The zero-order valence-electron chi connectivity index (χ0n) is 20.0. The zero-order valence-corrected chi connectivity index (χ0v) is 20.8. The summed E-state index contributed by atoms with van der Waals surface area (Å²) in [5.74, 6) is -2.40. The van der Waals surface area contributed by atoms with E-state index in [1.54, 1.807) is 13.8 Å². The van der Waals surface area contributed by atoms with Crippen LogP contribution >= 0.6 is 0 Å². The molecule has 0 saturated heterocycles. The molecule has 3 N–H and O–H groups in total. The summed E-state index contributed by atoms with van der Waals surface area (Å²) >= 11 is 0. The molecule has 0 radical (unpaired) electrons. The van der Waals surface area contributed by atoms with Gasteiger partial charge in [0.1, 0.15) is 17.5 Å². The van der Waals surface area contributed by atoms with Crippen molar-refractivity contribution in [1.29, 1.82) is 0 Å². The first kappa shape index (κ1) is 27.8. The maximum absolute atomic E-state index is 12.4. The largest absolute Gasteiger partial charge is 0.508 e. The van der Waals surface area contributed by atoms with Gasteiger partial charge in [-0.15, -0.1) is 0 Å². The standard InChI is InChI=1S/C25H30F3NO6S/c1-15(2)23(29)24(31)34-14-17-12-16-6-3-4-7-19(16)22(17)20-13-18(8-9-21(20)30)35-36(32,33)11-5-10-25(26,27)28/h3-4,6-9,13,15,17,22-23,30H,5,10-12,14,29H2,1-2H3/t17-,22?,23-/m0/s1. The fraction of sp³-hybridized carbons (Fsp3) is 0.480. The van der Waals surface area contributed by atoms with Crippen molar-refractivity contribution >= 4 is 16.1 Å². The van der Waals surface area contributed by atoms with E-state index in [0.717, 1.165) is 11.1 Å². The summed E-state index contributed by atoms with van der Waals surface area (Å²) in [6.45, 7) is 3.64. The Kier molecular flexibility index (Phi) is 8.55. The number of phenolic OH excluding ortho intramolecular Hbond substituents is 1. The number of esters is 1. The molecule has 1 unspecified atom stereocenters. The first-order valence-electron chi connectivity index (χ1n) is 11.6. The summed E-state index contributed by atoms with van der Waals surface area (Å²) < 4.78 is 72.2. The van der Waals surface area contributed by atoms with E-state index in [1.165, 1.54) is 18.2 Å². The first-order chi connectivity index (χ1) is 16.8. The Balaban J connectivity index is 1.84. The van der Waals surface area contributed by atoms with E-state index in [4.69, 9.17) is 14.7 Å². The minimum atomic E-state index is -4.46. The molecule has 0 aromatic heterocycles. The molecule has 0 bridgehead atoms. The van der Waals surface area contributed by atoms with Crippen molar-refractivity contribution in [1.82, 2.24) is 0 Å². The summed E-state index contributed by atoms with van der Waals surface area (Å²) in [7, 11) is -4.29. The highest BCUT2D eigenvalue weighted by molar-refractivity contribution is 7.87. The lowest BCUT2D eigenvalue weighted by Gasteiger charge is -2.23. The summed E-state index contributed by atoms with van der Waals surface area (Å²) in [6, 6.07) is 10.6. The van der Waals surface area contributed by atoms with E-state index in [2.05, 4.69) is 0 Å². The predicted molar refractivity (Wildman–Crippen MR) is 127 cm³/mol. The molecule has 0 fully saturated rings. The third kappa shape index (κ3) is 7.13. The molecule has 11 heteroatoms. The van der Waals surface area contributed by atoms with Crippen LogP contribution in [0.15, 0.2) is 42.5 Å². The van der Waals surface area contributed by atoms with Crippen LogP contribution in [0.3, 0.4) is 0 Å². The number of ether oxygens (including phenoxy) is 1. The van der Waals surface area contributed by atoms with Crippen molar-refractivity contribution in [2.24, 2.45) is 17.6 Å². The van der Waals surface area contributed by atoms with Gasteiger partial charge in [-0.3, -0.25) is 4.79 Å². The van der Waals surface area contributed by atoms with E-state index >= 15 is 0 Å². The van der Waals surface area contributed by atoms with Crippen LogP contribution in [0.1, 0.15) is 49.3 Å². The van der Waals surface area contributed by atoms with Crippen LogP contribution in [-0.4, -0.2) is 44.1 Å². The predicted octanol–water partition coefficient (Wildman–Crippen LogP) is 4.27. The summed E-state index contributed by atoms with van der Waals surface area (Å²) in [6.07, 6.45) is -5.78. The molecule has 0 saturated carbocycles. The number of halogens is 3. The van der Waals surface area contributed by atoms with Gasteiger partial charge >= 0.3 is 22.3 Å². The molecule has 36 heavy (non-hydrogen) atoms. The summed E-state index contributed by atoms with van der Waals surface area (Å²) in [5, 5.41) is 10.6. The fourth-order valence-electron chi connectivity index (χ4n) is 4.28. The Bertz CT molecular complexity index is 1180. The van der Waals surface area contributed by atoms with Crippen LogP contribution in [0.25, 0.3) is 0 Å². The lowest BCUT2D eigenvalue weighted by molar-refractivity contribution is -0.147. The molecule has 0 amide bonds. The summed E-state index contributed by atoms with van der Waals surface area (Å²) in [4.78, 5) is 12.3. The number of carbonyl (C=O) groups is 1. The highest BCUT2D eigenvalue weighted by Crippen LogP contribution is 2.46. The number of carbonyl (C=O) groups excluding carboxylic acids is 1. The van der Waals surface area contributed by atoms with Crippen molar-refractivity contribution in [2.75, 3.05) is 12.4 Å². The third-order valence-corrected chi connectivity index (χ3v) is 7.42. The third-order valence-electron chi connectivity index (χ3n) is 6.19. The lowest BCUT2D eigenvalue weighted by atomic mass is 9.85. The van der Waals surface area contributed by atoms with Crippen LogP contribution in [0.2, 0.25) is 0 Å².